The van der Waals surface area contributed by atoms with Crippen LogP contribution in [0.15, 0.2) is 0 Å². The van der Waals surface area contributed by atoms with Crippen LogP contribution in [0.2, 0.25) is 0 Å². The van der Waals surface area contributed by atoms with E-state index in [9.17, 15) is 0 Å². The molecule has 0 saturated carbocycles. The Bertz CT molecular complexity index is 130. The van der Waals surface area contributed by atoms with E-state index in [2.05, 4.69) is 11.8 Å². The Morgan fingerprint density at radius 3 is 2.33 bits per heavy atom. The average Bonchev–Trinajstić information content (AvgIpc) is 2.10. The SMILES string of the molecule is CC#CCCCCCCCOC. The van der Waals surface area contributed by atoms with Crippen molar-refractivity contribution in [3.05, 3.63) is 0 Å². The maximum atomic E-state index is 4.96. The van der Waals surface area contributed by atoms with Crippen LogP contribution in [0.1, 0.15) is 45.4 Å². The summed E-state index contributed by atoms with van der Waals surface area (Å²) >= 11 is 0. The van der Waals surface area contributed by atoms with E-state index < -0.39 is 0 Å². The van der Waals surface area contributed by atoms with Crippen molar-refractivity contribution in [2.45, 2.75) is 45.4 Å². The third-order valence-corrected chi connectivity index (χ3v) is 1.83. The first kappa shape index (κ1) is 11.5. The third kappa shape index (κ3) is 9.52. The van der Waals surface area contributed by atoms with Gasteiger partial charge >= 0.3 is 0 Å². The molecule has 0 aliphatic carbocycles. The summed E-state index contributed by atoms with van der Waals surface area (Å²) in [6.07, 6.45) is 7.48. The van der Waals surface area contributed by atoms with Crippen LogP contribution in [0.25, 0.3) is 0 Å². The van der Waals surface area contributed by atoms with Crippen molar-refractivity contribution in [2.75, 3.05) is 13.7 Å². The van der Waals surface area contributed by atoms with Crippen molar-refractivity contribution < 1.29 is 4.74 Å². The first-order chi connectivity index (χ1) is 5.91. The molecule has 0 unspecified atom stereocenters. The number of methoxy groups -OCH3 is 1. The summed E-state index contributed by atoms with van der Waals surface area (Å²) in [6, 6.07) is 0. The molecular formula is C11H20O. The van der Waals surface area contributed by atoms with Gasteiger partial charge in [0.2, 0.25) is 0 Å². The smallest absolute Gasteiger partial charge is 0.0462 e. The van der Waals surface area contributed by atoms with Crippen molar-refractivity contribution in [1.82, 2.24) is 0 Å². The van der Waals surface area contributed by atoms with E-state index in [-0.39, 0.29) is 0 Å². The molecule has 0 radical (unpaired) electrons. The first-order valence-electron chi connectivity index (χ1n) is 4.80. The van der Waals surface area contributed by atoms with Gasteiger partial charge in [0.05, 0.1) is 0 Å². The van der Waals surface area contributed by atoms with Gasteiger partial charge in [-0.05, 0) is 19.8 Å². The standard InChI is InChI=1S/C11H20O/c1-3-4-5-6-7-8-9-10-11-12-2/h5-11H2,1-2H3. The van der Waals surface area contributed by atoms with Crippen molar-refractivity contribution in [3.63, 3.8) is 0 Å². The fraction of sp³-hybridized carbons (Fsp3) is 0.818. The highest BCUT2D eigenvalue weighted by Gasteiger charge is 1.88. The zero-order valence-electron chi connectivity index (χ0n) is 8.36. The van der Waals surface area contributed by atoms with E-state index in [1.54, 1.807) is 7.11 Å². The van der Waals surface area contributed by atoms with Crippen LogP contribution in [-0.2, 0) is 4.74 Å². The fourth-order valence-electron chi connectivity index (χ4n) is 1.12. The molecule has 0 heterocycles. The monoisotopic (exact) mass is 168 g/mol. The van der Waals surface area contributed by atoms with E-state index in [0.717, 1.165) is 13.0 Å². The number of hydrogen-bond acceptors (Lipinski definition) is 1. The molecule has 0 aromatic rings. The average molecular weight is 168 g/mol. The topological polar surface area (TPSA) is 9.23 Å². The molecule has 0 fully saturated rings. The molecule has 0 saturated heterocycles. The Morgan fingerprint density at radius 2 is 1.67 bits per heavy atom. The summed E-state index contributed by atoms with van der Waals surface area (Å²) in [5, 5.41) is 0. The number of rotatable bonds is 7. The van der Waals surface area contributed by atoms with Gasteiger partial charge in [-0.1, -0.05) is 19.3 Å². The second-order valence-electron chi connectivity index (χ2n) is 2.94. The quantitative estimate of drug-likeness (QED) is 0.419. The van der Waals surface area contributed by atoms with E-state index in [0.29, 0.717) is 0 Å². The lowest BCUT2D eigenvalue weighted by Crippen LogP contribution is -1.87. The van der Waals surface area contributed by atoms with Crippen LogP contribution < -0.4 is 0 Å². The van der Waals surface area contributed by atoms with E-state index in [1.165, 1.54) is 32.1 Å². The van der Waals surface area contributed by atoms with E-state index >= 15 is 0 Å². The normalized spacial score (nSPS) is 9.17. The number of hydrogen-bond donors (Lipinski definition) is 0. The molecule has 0 aromatic carbocycles. The second kappa shape index (κ2) is 10.5. The van der Waals surface area contributed by atoms with Crippen LogP contribution in [0.4, 0.5) is 0 Å². The molecule has 1 heteroatoms. The summed E-state index contributed by atoms with van der Waals surface area (Å²) in [5.74, 6) is 5.98. The molecule has 0 aromatic heterocycles. The largest absolute Gasteiger partial charge is 0.385 e. The van der Waals surface area contributed by atoms with Crippen LogP contribution in [0, 0.1) is 11.8 Å². The number of ether oxygens (including phenoxy) is 1. The molecule has 0 aliphatic rings. The van der Waals surface area contributed by atoms with Gasteiger partial charge in [-0.25, -0.2) is 0 Å². The van der Waals surface area contributed by atoms with Crippen LogP contribution in [0.3, 0.4) is 0 Å². The lowest BCUT2D eigenvalue weighted by Gasteiger charge is -1.98. The Labute approximate surface area is 76.5 Å². The molecule has 0 amide bonds. The highest BCUT2D eigenvalue weighted by Crippen LogP contribution is 2.04. The molecule has 0 bridgehead atoms. The molecule has 0 aliphatic heterocycles. The third-order valence-electron chi connectivity index (χ3n) is 1.83. The molecule has 1 nitrogen and oxygen atoms in total. The zero-order chi connectivity index (χ0) is 9.07. The van der Waals surface area contributed by atoms with Crippen LogP contribution in [0.5, 0.6) is 0 Å². The molecule has 12 heavy (non-hydrogen) atoms. The van der Waals surface area contributed by atoms with Gasteiger partial charge in [0, 0.05) is 20.1 Å². The summed E-state index contributed by atoms with van der Waals surface area (Å²) in [7, 11) is 1.76. The Morgan fingerprint density at radius 1 is 1.00 bits per heavy atom. The first-order valence-corrected chi connectivity index (χ1v) is 4.80. The molecule has 0 rings (SSSR count). The van der Waals surface area contributed by atoms with Gasteiger partial charge < -0.3 is 4.74 Å². The van der Waals surface area contributed by atoms with Gasteiger partial charge in [-0.2, -0.15) is 0 Å². The summed E-state index contributed by atoms with van der Waals surface area (Å²) < 4.78 is 4.96. The Balaban J connectivity index is 2.84. The number of unbranched alkanes of at least 4 members (excludes halogenated alkanes) is 5. The predicted octanol–water partition coefficient (Wildman–Crippen LogP) is 3.00. The summed E-state index contributed by atoms with van der Waals surface area (Å²) in [5.41, 5.74) is 0. The van der Waals surface area contributed by atoms with Crippen molar-refractivity contribution >= 4 is 0 Å². The molecule has 0 spiro atoms. The van der Waals surface area contributed by atoms with Gasteiger partial charge in [-0.15, -0.1) is 11.8 Å². The lowest BCUT2D eigenvalue weighted by atomic mass is 10.1. The minimum atomic E-state index is 0.911. The second-order valence-corrected chi connectivity index (χ2v) is 2.94. The molecule has 0 atom stereocenters. The summed E-state index contributed by atoms with van der Waals surface area (Å²) in [6.45, 7) is 2.81. The minimum absolute atomic E-state index is 0.911. The predicted molar refractivity (Wildman–Crippen MR) is 53.0 cm³/mol. The summed E-state index contributed by atoms with van der Waals surface area (Å²) in [4.78, 5) is 0. The maximum absolute atomic E-state index is 4.96. The van der Waals surface area contributed by atoms with Gasteiger partial charge in [0.1, 0.15) is 0 Å². The van der Waals surface area contributed by atoms with Crippen LogP contribution >= 0.6 is 0 Å². The molecule has 70 valence electrons. The Hall–Kier alpha value is -0.480. The highest BCUT2D eigenvalue weighted by molar-refractivity contribution is 4.94. The van der Waals surface area contributed by atoms with Crippen molar-refractivity contribution in [1.29, 1.82) is 0 Å². The van der Waals surface area contributed by atoms with E-state index in [1.807, 2.05) is 6.92 Å². The van der Waals surface area contributed by atoms with Gasteiger partial charge in [0.25, 0.3) is 0 Å². The molecule has 0 N–H and O–H groups in total. The molecular weight excluding hydrogens is 148 g/mol. The highest BCUT2D eigenvalue weighted by atomic mass is 16.5. The van der Waals surface area contributed by atoms with Gasteiger partial charge in [-0.3, -0.25) is 0 Å². The van der Waals surface area contributed by atoms with Crippen LogP contribution in [-0.4, -0.2) is 13.7 Å². The zero-order valence-corrected chi connectivity index (χ0v) is 8.36. The van der Waals surface area contributed by atoms with Gasteiger partial charge in [0.15, 0.2) is 0 Å². The maximum Gasteiger partial charge on any atom is 0.0462 e. The Kier molecular flexibility index (Phi) is 10.1. The van der Waals surface area contributed by atoms with E-state index in [4.69, 9.17) is 4.74 Å². The lowest BCUT2D eigenvalue weighted by molar-refractivity contribution is 0.192. The minimum Gasteiger partial charge on any atom is -0.385 e. The van der Waals surface area contributed by atoms with Crippen molar-refractivity contribution in [2.24, 2.45) is 0 Å². The van der Waals surface area contributed by atoms with Crippen molar-refractivity contribution in [3.8, 4) is 11.8 Å². The fourth-order valence-corrected chi connectivity index (χ4v) is 1.12.